The second-order valence-corrected chi connectivity index (χ2v) is 7.43. The molecule has 0 aliphatic carbocycles. The summed E-state index contributed by atoms with van der Waals surface area (Å²) in [5, 5.41) is 0. The monoisotopic (exact) mass is 382 g/mol. The van der Waals surface area contributed by atoms with Crippen LogP contribution in [-0.2, 0) is 20.6 Å². The molecule has 0 bridgehead atoms. The molecule has 0 saturated carbocycles. The lowest BCUT2D eigenvalue weighted by Gasteiger charge is -2.08. The van der Waals surface area contributed by atoms with Gasteiger partial charge in [-0.25, -0.2) is 4.79 Å². The third-order valence-corrected chi connectivity index (χ3v) is 5.04. The van der Waals surface area contributed by atoms with Crippen LogP contribution in [0.25, 0.3) is 11.1 Å². The molecule has 0 heterocycles. The van der Waals surface area contributed by atoms with Gasteiger partial charge in [-0.1, -0.05) is 54.6 Å². The maximum Gasteiger partial charge on any atom is 0.337 e. The molecule has 0 fully saturated rings. The summed E-state index contributed by atoms with van der Waals surface area (Å²) < 4.78 is 34.2. The van der Waals surface area contributed by atoms with Crippen molar-refractivity contribution in [1.82, 2.24) is 0 Å². The summed E-state index contributed by atoms with van der Waals surface area (Å²) in [7, 11) is -2.40. The van der Waals surface area contributed by atoms with E-state index in [1.54, 1.807) is 72.8 Å². The molecule has 0 N–H and O–H groups in total. The second-order valence-electron chi connectivity index (χ2n) is 5.86. The van der Waals surface area contributed by atoms with Crippen LogP contribution in [0, 0.1) is 0 Å². The van der Waals surface area contributed by atoms with Gasteiger partial charge in [0.2, 0.25) is 0 Å². The Morgan fingerprint density at radius 3 is 1.93 bits per heavy atom. The third kappa shape index (κ3) is 4.95. The number of hydrogen-bond acceptors (Lipinski definition) is 5. The number of carbonyl (C=O) groups is 1. The van der Waals surface area contributed by atoms with Gasteiger partial charge in [0, 0.05) is 0 Å². The van der Waals surface area contributed by atoms with Gasteiger partial charge in [0.25, 0.3) is 0 Å². The SMILES string of the molecule is COC(=O)c1ccc(-c2ccc(OS(=O)(=O)Cc3ccccc3)cc2)cc1. The molecule has 3 aromatic carbocycles. The van der Waals surface area contributed by atoms with Crippen molar-refractivity contribution in [2.24, 2.45) is 0 Å². The second kappa shape index (κ2) is 8.05. The molecule has 0 spiro atoms. The van der Waals surface area contributed by atoms with Gasteiger partial charge >= 0.3 is 16.1 Å². The molecule has 0 aromatic heterocycles. The zero-order valence-corrected chi connectivity index (χ0v) is 15.5. The van der Waals surface area contributed by atoms with Crippen LogP contribution in [0.3, 0.4) is 0 Å². The molecule has 0 amide bonds. The Kier molecular flexibility index (Phi) is 5.57. The van der Waals surface area contributed by atoms with Crippen LogP contribution in [0.2, 0.25) is 0 Å². The molecule has 138 valence electrons. The summed E-state index contributed by atoms with van der Waals surface area (Å²) >= 11 is 0. The average molecular weight is 382 g/mol. The van der Waals surface area contributed by atoms with E-state index in [9.17, 15) is 13.2 Å². The fourth-order valence-electron chi connectivity index (χ4n) is 2.57. The van der Waals surface area contributed by atoms with E-state index in [-0.39, 0.29) is 11.5 Å². The highest BCUT2D eigenvalue weighted by molar-refractivity contribution is 7.86. The number of benzene rings is 3. The summed E-state index contributed by atoms with van der Waals surface area (Å²) in [6.45, 7) is 0. The molecule has 0 aliphatic rings. The van der Waals surface area contributed by atoms with E-state index in [1.165, 1.54) is 7.11 Å². The van der Waals surface area contributed by atoms with Gasteiger partial charge in [-0.15, -0.1) is 0 Å². The van der Waals surface area contributed by atoms with Crippen molar-refractivity contribution < 1.29 is 22.1 Å². The first-order chi connectivity index (χ1) is 13.0. The maximum absolute atomic E-state index is 12.2. The van der Waals surface area contributed by atoms with Crippen LogP contribution < -0.4 is 4.18 Å². The van der Waals surface area contributed by atoms with Crippen molar-refractivity contribution >= 4 is 16.1 Å². The molecule has 5 nitrogen and oxygen atoms in total. The minimum Gasteiger partial charge on any atom is -0.465 e. The van der Waals surface area contributed by atoms with Gasteiger partial charge in [-0.2, -0.15) is 8.42 Å². The number of rotatable bonds is 6. The minimum atomic E-state index is -3.73. The Bertz CT molecular complexity index is 1010. The first-order valence-corrected chi connectivity index (χ1v) is 9.79. The highest BCUT2D eigenvalue weighted by Gasteiger charge is 2.14. The van der Waals surface area contributed by atoms with Crippen LogP contribution >= 0.6 is 0 Å². The Hall–Kier alpha value is -3.12. The van der Waals surface area contributed by atoms with Crippen molar-refractivity contribution in [2.75, 3.05) is 7.11 Å². The largest absolute Gasteiger partial charge is 0.465 e. The summed E-state index contributed by atoms with van der Waals surface area (Å²) in [6, 6.07) is 22.6. The van der Waals surface area contributed by atoms with Gasteiger partial charge < -0.3 is 8.92 Å². The number of ether oxygens (including phenoxy) is 1. The lowest BCUT2D eigenvalue weighted by molar-refractivity contribution is 0.0600. The summed E-state index contributed by atoms with van der Waals surface area (Å²) in [5.41, 5.74) is 2.90. The van der Waals surface area contributed by atoms with E-state index < -0.39 is 16.1 Å². The Balaban J connectivity index is 1.70. The molecule has 0 atom stereocenters. The van der Waals surface area contributed by atoms with E-state index in [0.29, 0.717) is 11.1 Å². The molecule has 3 rings (SSSR count). The maximum atomic E-state index is 12.2. The van der Waals surface area contributed by atoms with E-state index >= 15 is 0 Å². The van der Waals surface area contributed by atoms with Gasteiger partial charge in [0.15, 0.2) is 0 Å². The van der Waals surface area contributed by atoms with Crippen LogP contribution in [0.4, 0.5) is 0 Å². The number of carbonyl (C=O) groups excluding carboxylic acids is 1. The van der Waals surface area contributed by atoms with Crippen molar-refractivity contribution in [3.63, 3.8) is 0 Å². The van der Waals surface area contributed by atoms with Crippen molar-refractivity contribution in [3.8, 4) is 16.9 Å². The predicted octanol–water partition coefficient (Wildman–Crippen LogP) is 4.05. The summed E-state index contributed by atoms with van der Waals surface area (Å²) in [5.74, 6) is -0.334. The smallest absolute Gasteiger partial charge is 0.337 e. The molecule has 0 saturated heterocycles. The van der Waals surface area contributed by atoms with Gasteiger partial charge in [0.1, 0.15) is 11.5 Å². The molecule has 3 aromatic rings. The zero-order valence-electron chi connectivity index (χ0n) is 14.7. The number of methoxy groups -OCH3 is 1. The normalized spacial score (nSPS) is 11.0. The molecule has 0 aliphatic heterocycles. The number of esters is 1. The summed E-state index contributed by atoms with van der Waals surface area (Å²) in [6.07, 6.45) is 0. The Morgan fingerprint density at radius 2 is 1.37 bits per heavy atom. The summed E-state index contributed by atoms with van der Waals surface area (Å²) in [4.78, 5) is 11.5. The average Bonchev–Trinajstić information content (AvgIpc) is 2.68. The van der Waals surface area contributed by atoms with Crippen LogP contribution in [-0.4, -0.2) is 21.5 Å². The Morgan fingerprint density at radius 1 is 0.815 bits per heavy atom. The highest BCUT2D eigenvalue weighted by Crippen LogP contribution is 2.24. The van der Waals surface area contributed by atoms with Gasteiger partial charge in [-0.05, 0) is 41.0 Å². The topological polar surface area (TPSA) is 69.7 Å². The fourth-order valence-corrected chi connectivity index (χ4v) is 3.64. The fraction of sp³-hybridized carbons (Fsp3) is 0.0952. The quantitative estimate of drug-likeness (QED) is 0.475. The predicted molar refractivity (Wildman–Crippen MR) is 103 cm³/mol. The Labute approximate surface area is 158 Å². The van der Waals surface area contributed by atoms with Crippen molar-refractivity contribution in [3.05, 3.63) is 90.0 Å². The standard InChI is InChI=1S/C21H18O5S/c1-25-21(22)19-9-7-17(8-10-19)18-11-13-20(14-12-18)26-27(23,24)15-16-5-3-2-4-6-16/h2-14H,15H2,1H3. The molecule has 27 heavy (non-hydrogen) atoms. The number of hydrogen-bond donors (Lipinski definition) is 0. The molecular formula is C21H18O5S. The minimum absolute atomic E-state index is 0.190. The first kappa shape index (κ1) is 18.7. The van der Waals surface area contributed by atoms with Crippen LogP contribution in [0.5, 0.6) is 5.75 Å². The molecular weight excluding hydrogens is 364 g/mol. The zero-order chi connectivity index (χ0) is 19.3. The van der Waals surface area contributed by atoms with Crippen LogP contribution in [0.1, 0.15) is 15.9 Å². The van der Waals surface area contributed by atoms with E-state index in [1.807, 2.05) is 6.07 Å². The van der Waals surface area contributed by atoms with Gasteiger partial charge in [-0.3, -0.25) is 0 Å². The van der Waals surface area contributed by atoms with Crippen molar-refractivity contribution in [2.45, 2.75) is 5.75 Å². The third-order valence-electron chi connectivity index (χ3n) is 3.90. The highest BCUT2D eigenvalue weighted by atomic mass is 32.2. The van der Waals surface area contributed by atoms with Gasteiger partial charge in [0.05, 0.1) is 12.7 Å². The molecule has 6 heteroatoms. The van der Waals surface area contributed by atoms with Crippen molar-refractivity contribution in [1.29, 1.82) is 0 Å². The first-order valence-electron chi connectivity index (χ1n) is 8.22. The van der Waals surface area contributed by atoms with E-state index in [2.05, 4.69) is 4.74 Å². The lowest BCUT2D eigenvalue weighted by atomic mass is 10.0. The molecule has 0 radical (unpaired) electrons. The van der Waals surface area contributed by atoms with E-state index in [4.69, 9.17) is 4.18 Å². The lowest BCUT2D eigenvalue weighted by Crippen LogP contribution is -2.12. The van der Waals surface area contributed by atoms with E-state index in [0.717, 1.165) is 11.1 Å². The van der Waals surface area contributed by atoms with Crippen LogP contribution in [0.15, 0.2) is 78.9 Å². The molecule has 0 unspecified atom stereocenters.